The molecule has 1 aliphatic rings. The van der Waals surface area contributed by atoms with Crippen LogP contribution in [0.25, 0.3) is 10.8 Å². The minimum atomic E-state index is -4.74. The van der Waals surface area contributed by atoms with E-state index in [0.29, 0.717) is 41.9 Å². The monoisotopic (exact) mass is 478 g/mol. The maximum Gasteiger partial charge on any atom is 0.419 e. The molecule has 7 heteroatoms. The van der Waals surface area contributed by atoms with E-state index in [0.717, 1.165) is 42.5 Å². The molecule has 2 nitrogen and oxygen atoms in total. The van der Waals surface area contributed by atoms with E-state index in [1.165, 1.54) is 12.1 Å². The summed E-state index contributed by atoms with van der Waals surface area (Å²) in [5, 5.41) is 1.13. The third-order valence-corrected chi connectivity index (χ3v) is 6.35. The summed E-state index contributed by atoms with van der Waals surface area (Å²) in [6.45, 7) is 3.27. The fourth-order valence-electron chi connectivity index (χ4n) is 4.49. The predicted molar refractivity (Wildman–Crippen MR) is 120 cm³/mol. The molecule has 0 radical (unpaired) electrons. The van der Waals surface area contributed by atoms with Crippen LogP contribution in [0.4, 0.5) is 22.0 Å². The van der Waals surface area contributed by atoms with Crippen molar-refractivity contribution >= 4 is 10.8 Å². The van der Waals surface area contributed by atoms with Crippen molar-refractivity contribution in [3.05, 3.63) is 82.4 Å². The summed E-state index contributed by atoms with van der Waals surface area (Å²) in [6, 6.07) is 11.2. The molecule has 1 aliphatic heterocycles. The van der Waals surface area contributed by atoms with E-state index in [9.17, 15) is 22.0 Å². The number of unbranched alkanes of at least 4 members (excludes halogenated alkanes) is 1. The Bertz CT molecular complexity index is 1130. The maximum atomic E-state index is 14.5. The van der Waals surface area contributed by atoms with Crippen molar-refractivity contribution in [1.82, 2.24) is 0 Å². The van der Waals surface area contributed by atoms with Crippen LogP contribution >= 0.6 is 0 Å². The Labute approximate surface area is 195 Å². The topological polar surface area (TPSA) is 18.5 Å². The van der Waals surface area contributed by atoms with Gasteiger partial charge < -0.3 is 9.47 Å². The molecule has 4 rings (SSSR count). The first-order valence-electron chi connectivity index (χ1n) is 11.6. The zero-order chi connectivity index (χ0) is 24.3. The second kappa shape index (κ2) is 10.4. The first kappa shape index (κ1) is 24.6. The van der Waals surface area contributed by atoms with E-state index >= 15 is 0 Å². The Balaban J connectivity index is 1.61. The molecule has 1 heterocycles. The predicted octanol–water partition coefficient (Wildman–Crippen LogP) is 7.77. The van der Waals surface area contributed by atoms with Crippen LogP contribution in [0.15, 0.2) is 48.5 Å². The fourth-order valence-corrected chi connectivity index (χ4v) is 4.49. The van der Waals surface area contributed by atoms with E-state index in [1.807, 2.05) is 0 Å². The standard InChI is InChI=1S/C27H27F5O2/c1-2-3-5-18-15-33-26(34-16-18)22-12-11-21-19(6-4-7-24(21)28)20(22)10-8-17-9-13-23(25(29)14-17)27(30,31)32/h4,6-7,9,11-14,18,26H,2-3,5,8,10,15-16H2,1H3. The smallest absolute Gasteiger partial charge is 0.348 e. The highest BCUT2D eigenvalue weighted by atomic mass is 19.4. The molecule has 0 N–H and O–H groups in total. The first-order valence-corrected chi connectivity index (χ1v) is 11.6. The minimum absolute atomic E-state index is 0.281. The van der Waals surface area contributed by atoms with Crippen LogP contribution in [0.3, 0.4) is 0 Å². The van der Waals surface area contributed by atoms with Crippen LogP contribution in [-0.2, 0) is 28.5 Å². The summed E-state index contributed by atoms with van der Waals surface area (Å²) in [6.07, 6.45) is -1.47. The molecule has 0 atom stereocenters. The van der Waals surface area contributed by atoms with Crippen molar-refractivity contribution in [3.8, 4) is 0 Å². The van der Waals surface area contributed by atoms with Crippen molar-refractivity contribution in [2.45, 2.75) is 51.5 Å². The molecule has 3 aromatic carbocycles. The van der Waals surface area contributed by atoms with E-state index in [4.69, 9.17) is 9.47 Å². The van der Waals surface area contributed by atoms with E-state index in [-0.39, 0.29) is 12.2 Å². The number of alkyl halides is 3. The number of hydrogen-bond acceptors (Lipinski definition) is 2. The van der Waals surface area contributed by atoms with Crippen molar-refractivity contribution in [2.75, 3.05) is 13.2 Å². The van der Waals surface area contributed by atoms with Crippen molar-refractivity contribution in [1.29, 1.82) is 0 Å². The SMILES string of the molecule is CCCCC1COC(c2ccc3c(F)cccc3c2CCc2ccc(C(F)(F)F)c(F)c2)OC1. The molecule has 1 fully saturated rings. The molecule has 34 heavy (non-hydrogen) atoms. The summed E-state index contributed by atoms with van der Waals surface area (Å²) < 4.78 is 79.2. The number of hydrogen-bond donors (Lipinski definition) is 0. The highest BCUT2D eigenvalue weighted by Gasteiger charge is 2.34. The summed E-state index contributed by atoms with van der Waals surface area (Å²) in [7, 11) is 0. The zero-order valence-corrected chi connectivity index (χ0v) is 18.9. The van der Waals surface area contributed by atoms with Crippen LogP contribution in [0.5, 0.6) is 0 Å². The van der Waals surface area contributed by atoms with E-state index in [2.05, 4.69) is 6.92 Å². The van der Waals surface area contributed by atoms with Gasteiger partial charge in [-0.15, -0.1) is 0 Å². The average Bonchev–Trinajstić information content (AvgIpc) is 2.81. The van der Waals surface area contributed by atoms with Crippen LogP contribution in [0.1, 0.15) is 54.7 Å². The lowest BCUT2D eigenvalue weighted by molar-refractivity contribution is -0.206. The quantitative estimate of drug-likeness (QED) is 0.323. The highest BCUT2D eigenvalue weighted by molar-refractivity contribution is 5.87. The van der Waals surface area contributed by atoms with Gasteiger partial charge in [0.1, 0.15) is 11.6 Å². The van der Waals surface area contributed by atoms with E-state index < -0.39 is 23.8 Å². The Kier molecular flexibility index (Phi) is 7.53. The van der Waals surface area contributed by atoms with E-state index in [1.54, 1.807) is 24.3 Å². The van der Waals surface area contributed by atoms with Gasteiger partial charge in [-0.25, -0.2) is 8.78 Å². The maximum absolute atomic E-state index is 14.5. The molecule has 0 amide bonds. The molecule has 0 unspecified atom stereocenters. The molecular weight excluding hydrogens is 451 g/mol. The highest BCUT2D eigenvalue weighted by Crippen LogP contribution is 2.35. The molecule has 182 valence electrons. The van der Waals surface area contributed by atoms with Crippen LogP contribution in [0, 0.1) is 17.6 Å². The van der Waals surface area contributed by atoms with Gasteiger partial charge in [-0.05, 0) is 54.0 Å². The normalized spacial score (nSPS) is 19.0. The van der Waals surface area contributed by atoms with Crippen molar-refractivity contribution in [3.63, 3.8) is 0 Å². The number of fused-ring (bicyclic) bond motifs is 1. The number of aryl methyl sites for hydroxylation is 2. The van der Waals surface area contributed by atoms with Gasteiger partial charge >= 0.3 is 6.18 Å². The molecule has 1 saturated heterocycles. The average molecular weight is 479 g/mol. The van der Waals surface area contributed by atoms with Gasteiger partial charge in [0.25, 0.3) is 0 Å². The Morgan fingerprint density at radius 2 is 1.65 bits per heavy atom. The largest absolute Gasteiger partial charge is 0.419 e. The Morgan fingerprint density at radius 3 is 2.32 bits per heavy atom. The third kappa shape index (κ3) is 5.41. The lowest BCUT2D eigenvalue weighted by Gasteiger charge is -2.31. The minimum Gasteiger partial charge on any atom is -0.348 e. The zero-order valence-electron chi connectivity index (χ0n) is 18.9. The molecule has 3 aromatic rings. The number of rotatable bonds is 7. The van der Waals surface area contributed by atoms with Gasteiger partial charge in [0.15, 0.2) is 6.29 Å². The summed E-state index contributed by atoms with van der Waals surface area (Å²) in [5.41, 5.74) is 0.689. The molecule has 0 spiro atoms. The lowest BCUT2D eigenvalue weighted by atomic mass is 9.92. The molecule has 0 aromatic heterocycles. The van der Waals surface area contributed by atoms with Crippen molar-refractivity contribution < 1.29 is 31.4 Å². The van der Waals surface area contributed by atoms with Crippen LogP contribution in [-0.4, -0.2) is 13.2 Å². The van der Waals surface area contributed by atoms with Crippen molar-refractivity contribution in [2.24, 2.45) is 5.92 Å². The second-order valence-electron chi connectivity index (χ2n) is 8.79. The van der Waals surface area contributed by atoms with Crippen LogP contribution in [0.2, 0.25) is 0 Å². The summed E-state index contributed by atoms with van der Waals surface area (Å²) in [5.74, 6) is -1.34. The van der Waals surface area contributed by atoms with Gasteiger partial charge in [0.05, 0.1) is 18.8 Å². The fraction of sp³-hybridized carbons (Fsp3) is 0.407. The number of ether oxygens (including phenoxy) is 2. The van der Waals surface area contributed by atoms with Gasteiger partial charge in [0.2, 0.25) is 0 Å². The van der Waals surface area contributed by atoms with Gasteiger partial charge in [-0.3, -0.25) is 0 Å². The van der Waals surface area contributed by atoms with Gasteiger partial charge in [0, 0.05) is 16.9 Å². The molecule has 0 bridgehead atoms. The first-order chi connectivity index (χ1) is 16.3. The Morgan fingerprint density at radius 1 is 0.882 bits per heavy atom. The molecule has 0 aliphatic carbocycles. The molecular formula is C27H27F5O2. The Hall–Kier alpha value is -2.51. The second-order valence-corrected chi connectivity index (χ2v) is 8.79. The third-order valence-electron chi connectivity index (χ3n) is 6.35. The summed E-state index contributed by atoms with van der Waals surface area (Å²) in [4.78, 5) is 0. The molecule has 0 saturated carbocycles. The summed E-state index contributed by atoms with van der Waals surface area (Å²) >= 11 is 0. The van der Waals surface area contributed by atoms with Gasteiger partial charge in [-0.1, -0.05) is 50.1 Å². The van der Waals surface area contributed by atoms with Gasteiger partial charge in [-0.2, -0.15) is 13.2 Å². The van der Waals surface area contributed by atoms with Crippen LogP contribution < -0.4 is 0 Å². The number of benzene rings is 3. The lowest BCUT2D eigenvalue weighted by Crippen LogP contribution is -2.27. The number of halogens is 5.